The first-order valence-electron chi connectivity index (χ1n) is 8.39. The number of likely N-dealkylation sites (tertiary alicyclic amines) is 1. The lowest BCUT2D eigenvalue weighted by Gasteiger charge is -2.33. The van der Waals surface area contributed by atoms with Gasteiger partial charge in [-0.2, -0.15) is 4.98 Å². The highest BCUT2D eigenvalue weighted by molar-refractivity contribution is 7.09. The Hall–Kier alpha value is -1.96. The molecule has 0 saturated carbocycles. The molecule has 2 atom stereocenters. The van der Waals surface area contributed by atoms with Crippen LogP contribution in [0.25, 0.3) is 0 Å². The van der Waals surface area contributed by atoms with Crippen LogP contribution in [0.5, 0.6) is 0 Å². The van der Waals surface area contributed by atoms with Crippen molar-refractivity contribution in [2.45, 2.75) is 45.6 Å². The Morgan fingerprint density at radius 1 is 1.58 bits per heavy atom. The lowest BCUT2D eigenvalue weighted by Crippen LogP contribution is -2.46. The van der Waals surface area contributed by atoms with E-state index in [2.05, 4.69) is 27.4 Å². The Bertz CT molecular complexity index is 657. The van der Waals surface area contributed by atoms with Gasteiger partial charge < -0.3 is 14.7 Å². The van der Waals surface area contributed by atoms with E-state index in [0.29, 0.717) is 11.8 Å². The van der Waals surface area contributed by atoms with Crippen LogP contribution in [0.4, 0.5) is 4.79 Å². The molecule has 0 unspecified atom stereocenters. The van der Waals surface area contributed by atoms with E-state index in [1.54, 1.807) is 24.5 Å². The molecule has 2 amide bonds. The summed E-state index contributed by atoms with van der Waals surface area (Å²) in [6.45, 7) is 5.38. The number of thiazole rings is 1. The quantitative estimate of drug-likeness (QED) is 0.897. The highest BCUT2D eigenvalue weighted by Crippen LogP contribution is 2.22. The van der Waals surface area contributed by atoms with Crippen molar-refractivity contribution < 1.29 is 9.32 Å². The largest absolute Gasteiger partial charge is 0.340 e. The molecule has 0 spiro atoms. The number of aromatic nitrogens is 3. The van der Waals surface area contributed by atoms with E-state index in [4.69, 9.17) is 4.52 Å². The predicted octanol–water partition coefficient (Wildman–Crippen LogP) is 2.95. The molecule has 1 saturated heterocycles. The summed E-state index contributed by atoms with van der Waals surface area (Å²) in [7, 11) is 0. The number of carbonyl (C=O) groups excluding carboxylic acids is 1. The minimum absolute atomic E-state index is 0.00829. The Morgan fingerprint density at radius 2 is 2.46 bits per heavy atom. The number of aryl methyl sites for hydroxylation is 1. The smallest absolute Gasteiger partial charge is 0.317 e. The molecule has 130 valence electrons. The summed E-state index contributed by atoms with van der Waals surface area (Å²) in [4.78, 5) is 23.1. The first kappa shape index (κ1) is 16.9. The van der Waals surface area contributed by atoms with Gasteiger partial charge in [0.05, 0.1) is 6.04 Å². The number of nitrogens with zero attached hydrogens (tertiary/aromatic N) is 4. The van der Waals surface area contributed by atoms with Crippen LogP contribution in [0.15, 0.2) is 16.1 Å². The third-order valence-electron chi connectivity index (χ3n) is 4.30. The standard InChI is InChI=1S/C16H23N5O2S/c1-3-13(15-17-6-8-24-15)19-16(22)21-7-4-5-12(10-21)9-14-18-11(2)23-20-14/h6,8,12-13H,3-5,7,9-10H2,1-2H3,(H,19,22)/t12-,13-/m1/s1. The summed E-state index contributed by atoms with van der Waals surface area (Å²) in [5.41, 5.74) is 0. The van der Waals surface area contributed by atoms with Gasteiger partial charge in [0, 0.05) is 38.0 Å². The maximum absolute atomic E-state index is 12.6. The fourth-order valence-electron chi connectivity index (χ4n) is 3.08. The fraction of sp³-hybridized carbons (Fsp3) is 0.625. The van der Waals surface area contributed by atoms with Crippen molar-refractivity contribution in [1.29, 1.82) is 0 Å². The number of urea groups is 1. The van der Waals surface area contributed by atoms with Gasteiger partial charge in [-0.3, -0.25) is 0 Å². The van der Waals surface area contributed by atoms with Crippen LogP contribution in [-0.2, 0) is 6.42 Å². The number of amides is 2. The van der Waals surface area contributed by atoms with Crippen LogP contribution in [0.1, 0.15) is 49.0 Å². The maximum atomic E-state index is 12.6. The zero-order chi connectivity index (χ0) is 16.9. The van der Waals surface area contributed by atoms with E-state index in [0.717, 1.165) is 49.6 Å². The third-order valence-corrected chi connectivity index (χ3v) is 5.19. The fourth-order valence-corrected chi connectivity index (χ4v) is 3.86. The topological polar surface area (TPSA) is 84.2 Å². The molecule has 0 aromatic carbocycles. The van der Waals surface area contributed by atoms with Gasteiger partial charge in [-0.15, -0.1) is 11.3 Å². The molecule has 0 radical (unpaired) electrons. The van der Waals surface area contributed by atoms with E-state index in [1.165, 1.54) is 0 Å². The first-order chi connectivity index (χ1) is 11.7. The first-order valence-corrected chi connectivity index (χ1v) is 9.27. The monoisotopic (exact) mass is 349 g/mol. The predicted molar refractivity (Wildman–Crippen MR) is 90.7 cm³/mol. The van der Waals surface area contributed by atoms with Crippen LogP contribution in [-0.4, -0.2) is 39.1 Å². The summed E-state index contributed by atoms with van der Waals surface area (Å²) in [6.07, 6.45) is 5.45. The van der Waals surface area contributed by atoms with Crippen LogP contribution in [0, 0.1) is 12.8 Å². The summed E-state index contributed by atoms with van der Waals surface area (Å²) < 4.78 is 5.03. The van der Waals surface area contributed by atoms with Crippen LogP contribution < -0.4 is 5.32 Å². The Morgan fingerprint density at radius 3 is 3.12 bits per heavy atom. The molecule has 3 rings (SSSR count). The number of piperidine rings is 1. The van der Waals surface area contributed by atoms with Crippen molar-refractivity contribution in [2.24, 2.45) is 5.92 Å². The molecule has 2 aromatic heterocycles. The average Bonchev–Trinajstić information content (AvgIpc) is 3.24. The zero-order valence-corrected chi connectivity index (χ0v) is 14.9. The van der Waals surface area contributed by atoms with E-state index in [1.807, 2.05) is 10.3 Å². The van der Waals surface area contributed by atoms with Gasteiger partial charge in [-0.25, -0.2) is 9.78 Å². The number of rotatable bonds is 5. The molecular weight excluding hydrogens is 326 g/mol. The number of nitrogens with one attached hydrogen (secondary N) is 1. The second-order valence-electron chi connectivity index (χ2n) is 6.17. The van der Waals surface area contributed by atoms with Gasteiger partial charge >= 0.3 is 6.03 Å². The van der Waals surface area contributed by atoms with Gasteiger partial charge in [0.2, 0.25) is 5.89 Å². The molecule has 1 aliphatic rings. The van der Waals surface area contributed by atoms with E-state index in [9.17, 15) is 4.79 Å². The highest BCUT2D eigenvalue weighted by Gasteiger charge is 2.26. The van der Waals surface area contributed by atoms with Gasteiger partial charge in [-0.05, 0) is 25.2 Å². The number of hydrogen-bond donors (Lipinski definition) is 1. The van der Waals surface area contributed by atoms with E-state index < -0.39 is 0 Å². The lowest BCUT2D eigenvalue weighted by atomic mass is 9.95. The molecule has 0 aliphatic carbocycles. The molecule has 7 nitrogen and oxygen atoms in total. The maximum Gasteiger partial charge on any atom is 0.317 e. The van der Waals surface area contributed by atoms with Crippen molar-refractivity contribution in [2.75, 3.05) is 13.1 Å². The lowest BCUT2D eigenvalue weighted by molar-refractivity contribution is 0.160. The molecule has 1 N–H and O–H groups in total. The van der Waals surface area contributed by atoms with Crippen molar-refractivity contribution >= 4 is 17.4 Å². The molecule has 1 aliphatic heterocycles. The normalized spacial score (nSPS) is 19.2. The second-order valence-corrected chi connectivity index (χ2v) is 7.09. The third kappa shape index (κ3) is 4.11. The summed E-state index contributed by atoms with van der Waals surface area (Å²) >= 11 is 1.58. The minimum atomic E-state index is -0.0160. The van der Waals surface area contributed by atoms with Gasteiger partial charge in [-0.1, -0.05) is 12.1 Å². The molecule has 3 heterocycles. The molecule has 8 heteroatoms. The zero-order valence-electron chi connectivity index (χ0n) is 14.1. The molecule has 2 aromatic rings. The molecular formula is C16H23N5O2S. The van der Waals surface area contributed by atoms with E-state index in [-0.39, 0.29) is 12.1 Å². The molecule has 1 fully saturated rings. The van der Waals surface area contributed by atoms with Crippen molar-refractivity contribution in [3.05, 3.63) is 28.3 Å². The SMILES string of the molecule is CC[C@@H](NC(=O)N1CCC[C@H](Cc2noc(C)n2)C1)c1nccs1. The van der Waals surface area contributed by atoms with Crippen molar-refractivity contribution in [3.8, 4) is 0 Å². The Balaban J connectivity index is 1.56. The molecule has 24 heavy (non-hydrogen) atoms. The van der Waals surface area contributed by atoms with Gasteiger partial charge in [0.15, 0.2) is 5.82 Å². The number of hydrogen-bond acceptors (Lipinski definition) is 6. The summed E-state index contributed by atoms with van der Waals surface area (Å²) in [5.74, 6) is 1.69. The molecule has 0 bridgehead atoms. The van der Waals surface area contributed by atoms with Crippen LogP contribution in [0.3, 0.4) is 0 Å². The summed E-state index contributed by atoms with van der Waals surface area (Å²) in [6, 6.07) is -0.0243. The van der Waals surface area contributed by atoms with Crippen LogP contribution in [0.2, 0.25) is 0 Å². The summed E-state index contributed by atoms with van der Waals surface area (Å²) in [5, 5.41) is 9.97. The minimum Gasteiger partial charge on any atom is -0.340 e. The highest BCUT2D eigenvalue weighted by atomic mass is 32.1. The van der Waals surface area contributed by atoms with E-state index >= 15 is 0 Å². The van der Waals surface area contributed by atoms with Crippen LogP contribution >= 0.6 is 11.3 Å². The van der Waals surface area contributed by atoms with Gasteiger partial charge in [0.25, 0.3) is 0 Å². The van der Waals surface area contributed by atoms with Crippen molar-refractivity contribution in [3.63, 3.8) is 0 Å². The number of carbonyl (C=O) groups is 1. The Labute approximate surface area is 145 Å². The van der Waals surface area contributed by atoms with Gasteiger partial charge in [0.1, 0.15) is 5.01 Å². The Kier molecular flexibility index (Phi) is 5.44. The second kappa shape index (κ2) is 7.74. The average molecular weight is 349 g/mol. The van der Waals surface area contributed by atoms with Crippen molar-refractivity contribution in [1.82, 2.24) is 25.3 Å².